The van der Waals surface area contributed by atoms with Crippen molar-refractivity contribution in [1.29, 1.82) is 0 Å². The van der Waals surface area contributed by atoms with Gasteiger partial charge < -0.3 is 25.3 Å². The lowest BCUT2D eigenvalue weighted by atomic mass is 9.84. The Hall–Kier alpha value is -3.30. The van der Waals surface area contributed by atoms with E-state index in [-0.39, 0.29) is 35.1 Å². The van der Waals surface area contributed by atoms with Crippen LogP contribution in [0.5, 0.6) is 0 Å². The van der Waals surface area contributed by atoms with Gasteiger partial charge in [-0.3, -0.25) is 14.4 Å². The quantitative estimate of drug-likeness (QED) is 0.421. The highest BCUT2D eigenvalue weighted by atomic mass is 16.6. The second kappa shape index (κ2) is 14.0. The molecule has 0 fully saturated rings. The Morgan fingerprint density at radius 1 is 1.00 bits per heavy atom. The monoisotopic (exact) mass is 528 g/mol. The summed E-state index contributed by atoms with van der Waals surface area (Å²) < 4.78 is 16.9. The van der Waals surface area contributed by atoms with Crippen LogP contribution in [0.4, 0.5) is 4.79 Å². The van der Waals surface area contributed by atoms with Crippen molar-refractivity contribution in [3.05, 3.63) is 58.9 Å². The molecule has 1 aliphatic heterocycles. The minimum absolute atomic E-state index is 0.0704. The molecule has 2 rings (SSSR count). The molecular weight excluding hydrogens is 488 g/mol. The molecule has 0 aromatic carbocycles. The second-order valence-electron chi connectivity index (χ2n) is 10.1. The summed E-state index contributed by atoms with van der Waals surface area (Å²) in [5.41, 5.74) is 6.61. The number of fused-ring (bicyclic) bond motifs is 2. The molecule has 3 N–H and O–H groups in total. The highest BCUT2D eigenvalue weighted by Gasteiger charge is 2.33. The number of carbonyl (C=O) groups is 4. The molecule has 2 aliphatic rings. The van der Waals surface area contributed by atoms with Crippen LogP contribution in [0.1, 0.15) is 47.5 Å². The van der Waals surface area contributed by atoms with Crippen molar-refractivity contribution >= 4 is 23.6 Å². The van der Waals surface area contributed by atoms with Gasteiger partial charge in [-0.2, -0.15) is 0 Å². The lowest BCUT2D eigenvalue weighted by Crippen LogP contribution is -2.37. The number of nitrogens with two attached hydrogens (primary N) is 1. The molecule has 0 unspecified atom stereocenters. The van der Waals surface area contributed by atoms with Gasteiger partial charge in [0, 0.05) is 37.4 Å². The first-order chi connectivity index (χ1) is 17.9. The van der Waals surface area contributed by atoms with E-state index in [1.807, 2.05) is 33.8 Å². The van der Waals surface area contributed by atoms with Crippen LogP contribution in [0, 0.1) is 17.8 Å². The molecule has 9 heteroatoms. The summed E-state index contributed by atoms with van der Waals surface area (Å²) in [4.78, 5) is 50.2. The lowest BCUT2D eigenvalue weighted by Gasteiger charge is -2.30. The van der Waals surface area contributed by atoms with Crippen molar-refractivity contribution < 1.29 is 33.4 Å². The number of amides is 2. The van der Waals surface area contributed by atoms with E-state index >= 15 is 0 Å². The average Bonchev–Trinajstić information content (AvgIpc) is 2.84. The third kappa shape index (κ3) is 8.36. The maximum absolute atomic E-state index is 13.3. The molecule has 1 heterocycles. The first-order valence-corrected chi connectivity index (χ1v) is 12.8. The summed E-state index contributed by atoms with van der Waals surface area (Å²) in [6.07, 6.45) is 8.40. The lowest BCUT2D eigenvalue weighted by molar-refractivity contribution is -0.120. The molecule has 9 nitrogen and oxygen atoms in total. The Morgan fingerprint density at radius 2 is 1.68 bits per heavy atom. The van der Waals surface area contributed by atoms with Gasteiger partial charge in [-0.05, 0) is 50.2 Å². The van der Waals surface area contributed by atoms with E-state index in [1.165, 1.54) is 13.2 Å². The summed E-state index contributed by atoms with van der Waals surface area (Å²) in [7, 11) is 3.12. The molecule has 2 bridgehead atoms. The largest absolute Gasteiger partial charge is 0.441 e. The van der Waals surface area contributed by atoms with E-state index in [0.29, 0.717) is 18.4 Å². The third-order valence-electron chi connectivity index (χ3n) is 6.86. The number of nitrogens with one attached hydrogen (secondary N) is 1. The number of Topliss-reactive ketones (excluding diaryl/α,β-unsaturated/α-hetero) is 1. The predicted molar refractivity (Wildman–Crippen MR) is 144 cm³/mol. The van der Waals surface area contributed by atoms with Crippen molar-refractivity contribution in [3.8, 4) is 0 Å². The number of allylic oxidation sites excluding steroid dienone is 6. The van der Waals surface area contributed by atoms with Crippen LogP contribution in [0.25, 0.3) is 0 Å². The molecule has 0 aromatic rings. The standard InChI is InChI=1S/C29H40N2O7/c1-16-11-19(4)26(38-29(30)35)17(2)9-8-10-18(3)28(34)31-24-15-21(32)14-23(25(24)33)27(37-7)20(5)13-22(12-16)36-6/h8-11,14-17,20,22,26-27H,12-13H2,1-7H3,(H2,30,35)(H,31,34)/b9-8-,18-10+,19-11+/t16-,17-,20-,22+,26+,27+/m0/s1. The van der Waals surface area contributed by atoms with Crippen LogP contribution in [0.3, 0.4) is 0 Å². The van der Waals surface area contributed by atoms with E-state index in [4.69, 9.17) is 19.9 Å². The number of primary amides is 1. The maximum atomic E-state index is 13.3. The number of ether oxygens (including phenoxy) is 3. The van der Waals surface area contributed by atoms with E-state index in [1.54, 1.807) is 32.3 Å². The zero-order valence-electron chi connectivity index (χ0n) is 23.3. The Morgan fingerprint density at radius 3 is 2.29 bits per heavy atom. The summed E-state index contributed by atoms with van der Waals surface area (Å²) in [6.45, 7) is 9.34. The van der Waals surface area contributed by atoms with E-state index in [2.05, 4.69) is 5.32 Å². The fourth-order valence-corrected chi connectivity index (χ4v) is 4.96. The van der Waals surface area contributed by atoms with Gasteiger partial charge >= 0.3 is 6.09 Å². The normalized spacial score (nSPS) is 33.6. The molecule has 208 valence electrons. The van der Waals surface area contributed by atoms with Gasteiger partial charge in [0.1, 0.15) is 6.10 Å². The molecular formula is C29H40N2O7. The van der Waals surface area contributed by atoms with Crippen LogP contribution >= 0.6 is 0 Å². The van der Waals surface area contributed by atoms with Gasteiger partial charge in [0.2, 0.25) is 5.78 Å². The van der Waals surface area contributed by atoms with Gasteiger partial charge in [0.25, 0.3) is 5.91 Å². The van der Waals surface area contributed by atoms with Crippen molar-refractivity contribution in [1.82, 2.24) is 5.32 Å². The molecule has 38 heavy (non-hydrogen) atoms. The fraction of sp³-hybridized carbons (Fsp3) is 0.517. The molecule has 2 amide bonds. The van der Waals surface area contributed by atoms with Gasteiger partial charge in [-0.25, -0.2) is 4.79 Å². The first kappa shape index (κ1) is 30.9. The van der Waals surface area contributed by atoms with Gasteiger partial charge in [-0.15, -0.1) is 0 Å². The molecule has 1 aliphatic carbocycles. The Bertz CT molecular complexity index is 1080. The van der Waals surface area contributed by atoms with Crippen molar-refractivity contribution in [2.24, 2.45) is 23.5 Å². The van der Waals surface area contributed by atoms with Crippen molar-refractivity contribution in [3.63, 3.8) is 0 Å². The number of rotatable bonds is 3. The summed E-state index contributed by atoms with van der Waals surface area (Å²) in [5.74, 6) is -1.73. The van der Waals surface area contributed by atoms with E-state index < -0.39 is 35.8 Å². The SMILES string of the molecule is CO[C@@H]1C[C@@H](C)/C=C(\C)[C@H](OC(N)=O)[C@@H](C)/C=C\C=C(/C)C(=O)NC2=CC(=O)C=C(C2=O)[C@H](OC)[C@@H](C)C1. The smallest absolute Gasteiger partial charge is 0.405 e. The van der Waals surface area contributed by atoms with E-state index in [9.17, 15) is 19.2 Å². The topological polar surface area (TPSA) is 134 Å². The minimum atomic E-state index is -0.873. The molecule has 6 atom stereocenters. The van der Waals surface area contributed by atoms with Crippen LogP contribution in [-0.2, 0) is 28.6 Å². The molecule has 0 saturated heterocycles. The molecule has 0 radical (unpaired) electrons. The number of hydrogen-bond acceptors (Lipinski definition) is 7. The Kier molecular flexibility index (Phi) is 11.4. The van der Waals surface area contributed by atoms with Crippen LogP contribution in [-0.4, -0.2) is 56.1 Å². The number of methoxy groups -OCH3 is 2. The molecule has 0 saturated carbocycles. The van der Waals surface area contributed by atoms with Gasteiger partial charge in [-0.1, -0.05) is 45.1 Å². The number of carbonyl (C=O) groups excluding carboxylic acids is 4. The highest BCUT2D eigenvalue weighted by Crippen LogP contribution is 2.29. The first-order valence-electron chi connectivity index (χ1n) is 12.8. The highest BCUT2D eigenvalue weighted by molar-refractivity contribution is 6.22. The number of hydrogen-bond donors (Lipinski definition) is 2. The average molecular weight is 529 g/mol. The van der Waals surface area contributed by atoms with Crippen LogP contribution in [0.2, 0.25) is 0 Å². The molecule has 0 aromatic heterocycles. The zero-order valence-corrected chi connectivity index (χ0v) is 23.3. The predicted octanol–water partition coefficient (Wildman–Crippen LogP) is 3.71. The molecule has 0 spiro atoms. The second-order valence-corrected chi connectivity index (χ2v) is 10.1. The Balaban J connectivity index is 2.53. The van der Waals surface area contributed by atoms with Crippen molar-refractivity contribution in [2.75, 3.05) is 14.2 Å². The van der Waals surface area contributed by atoms with Crippen LogP contribution in [0.15, 0.2) is 58.9 Å². The summed E-state index contributed by atoms with van der Waals surface area (Å²) >= 11 is 0. The summed E-state index contributed by atoms with van der Waals surface area (Å²) in [5, 5.41) is 2.56. The van der Waals surface area contributed by atoms with Crippen LogP contribution < -0.4 is 11.1 Å². The maximum Gasteiger partial charge on any atom is 0.405 e. The van der Waals surface area contributed by atoms with Gasteiger partial charge in [0.15, 0.2) is 5.78 Å². The van der Waals surface area contributed by atoms with Gasteiger partial charge in [0.05, 0.1) is 17.9 Å². The fourth-order valence-electron chi connectivity index (χ4n) is 4.96. The number of ketones is 2. The van der Waals surface area contributed by atoms with E-state index in [0.717, 1.165) is 11.6 Å². The zero-order chi connectivity index (χ0) is 28.6. The van der Waals surface area contributed by atoms with Crippen molar-refractivity contribution in [2.45, 2.75) is 65.8 Å². The minimum Gasteiger partial charge on any atom is -0.441 e. The summed E-state index contributed by atoms with van der Waals surface area (Å²) in [6, 6.07) is 0. The Labute approximate surface area is 224 Å². The third-order valence-corrected chi connectivity index (χ3v) is 6.86.